The first-order valence-electron chi connectivity index (χ1n) is 10.9. The predicted molar refractivity (Wildman–Crippen MR) is 121 cm³/mol. The Kier molecular flexibility index (Phi) is 8.74. The van der Waals surface area contributed by atoms with Gasteiger partial charge in [0.1, 0.15) is 17.6 Å². The number of methoxy groups -OCH3 is 2. The number of hydrogen-bond acceptors (Lipinski definition) is 5. The van der Waals surface area contributed by atoms with E-state index in [1.165, 1.54) is 5.56 Å². The summed E-state index contributed by atoms with van der Waals surface area (Å²) in [7, 11) is 3.33. The van der Waals surface area contributed by atoms with Gasteiger partial charge in [-0.25, -0.2) is 0 Å². The smallest absolute Gasteiger partial charge is 0.248 e. The number of nitrogens with zero attached hydrogens (tertiary/aromatic N) is 1. The van der Waals surface area contributed by atoms with Crippen LogP contribution in [-0.4, -0.2) is 50.8 Å². The van der Waals surface area contributed by atoms with E-state index in [4.69, 9.17) is 14.2 Å². The summed E-state index contributed by atoms with van der Waals surface area (Å²) in [6.07, 6.45) is 1.70. The number of carbonyl (C=O) groups excluding carboxylic acids is 1. The van der Waals surface area contributed by atoms with E-state index in [9.17, 15) is 4.79 Å². The van der Waals surface area contributed by atoms with Gasteiger partial charge in [-0.1, -0.05) is 24.3 Å². The van der Waals surface area contributed by atoms with E-state index < -0.39 is 6.10 Å². The Labute approximate surface area is 185 Å². The summed E-state index contributed by atoms with van der Waals surface area (Å²) in [6.45, 7) is 5.95. The molecule has 1 aliphatic rings. The van der Waals surface area contributed by atoms with Crippen LogP contribution in [0.4, 0.5) is 0 Å². The third-order valence-corrected chi connectivity index (χ3v) is 5.84. The minimum atomic E-state index is -0.485. The first-order chi connectivity index (χ1) is 15.1. The maximum atomic E-state index is 12.4. The molecular formula is C25H34N2O4. The molecule has 168 valence electrons. The van der Waals surface area contributed by atoms with Crippen molar-refractivity contribution in [2.24, 2.45) is 5.92 Å². The van der Waals surface area contributed by atoms with Gasteiger partial charge in [-0.2, -0.15) is 0 Å². The van der Waals surface area contributed by atoms with Crippen LogP contribution in [0.2, 0.25) is 0 Å². The highest BCUT2D eigenvalue weighted by Crippen LogP contribution is 2.20. The molecule has 0 bridgehead atoms. The number of likely N-dealkylation sites (tertiary alicyclic amines) is 1. The zero-order valence-electron chi connectivity index (χ0n) is 18.8. The first-order valence-corrected chi connectivity index (χ1v) is 10.9. The Morgan fingerprint density at radius 1 is 1.03 bits per heavy atom. The van der Waals surface area contributed by atoms with E-state index in [-0.39, 0.29) is 5.91 Å². The monoisotopic (exact) mass is 426 g/mol. The molecule has 0 aliphatic carbocycles. The normalized spacial score (nSPS) is 16.0. The lowest BCUT2D eigenvalue weighted by Gasteiger charge is -2.32. The van der Waals surface area contributed by atoms with Crippen LogP contribution in [0.15, 0.2) is 48.5 Å². The molecule has 1 saturated heterocycles. The molecule has 1 unspecified atom stereocenters. The fourth-order valence-electron chi connectivity index (χ4n) is 3.79. The average molecular weight is 427 g/mol. The predicted octanol–water partition coefficient (Wildman–Crippen LogP) is 3.64. The van der Waals surface area contributed by atoms with Crippen LogP contribution >= 0.6 is 0 Å². The maximum Gasteiger partial charge on any atom is 0.248 e. The van der Waals surface area contributed by atoms with Crippen LogP contribution in [-0.2, 0) is 22.7 Å². The van der Waals surface area contributed by atoms with Gasteiger partial charge in [0, 0.05) is 13.1 Å². The molecule has 0 aromatic heterocycles. The molecule has 2 aromatic carbocycles. The second-order valence-electron chi connectivity index (χ2n) is 8.12. The van der Waals surface area contributed by atoms with Crippen LogP contribution in [0, 0.1) is 5.92 Å². The summed E-state index contributed by atoms with van der Waals surface area (Å²) in [4.78, 5) is 14.9. The summed E-state index contributed by atoms with van der Waals surface area (Å²) >= 11 is 0. The first kappa shape index (κ1) is 23.1. The number of nitrogens with one attached hydrogen (secondary N) is 1. The van der Waals surface area contributed by atoms with Crippen molar-refractivity contribution in [1.82, 2.24) is 10.2 Å². The molecule has 3 rings (SSSR count). The standard InChI is InChI=1S/C25H34N2O4/c1-19(31-18-22-5-4-6-24(15-22)30-3)25(28)26-16-20-11-13-27(14-12-20)17-21-7-9-23(29-2)10-8-21/h4-10,15,19-20H,11-14,16-18H2,1-3H3,(H,26,28). The molecule has 1 fully saturated rings. The third-order valence-electron chi connectivity index (χ3n) is 5.84. The lowest BCUT2D eigenvalue weighted by molar-refractivity contribution is -0.132. The van der Waals surface area contributed by atoms with Crippen molar-refractivity contribution < 1.29 is 19.0 Å². The van der Waals surface area contributed by atoms with E-state index in [2.05, 4.69) is 22.3 Å². The molecule has 0 radical (unpaired) electrons. The van der Waals surface area contributed by atoms with Crippen LogP contribution in [0.25, 0.3) is 0 Å². The molecule has 1 heterocycles. The summed E-state index contributed by atoms with van der Waals surface area (Å²) in [5, 5.41) is 3.07. The van der Waals surface area contributed by atoms with Crippen LogP contribution < -0.4 is 14.8 Å². The van der Waals surface area contributed by atoms with Gasteiger partial charge in [0.05, 0.1) is 20.8 Å². The fourth-order valence-corrected chi connectivity index (χ4v) is 3.79. The Bertz CT molecular complexity index is 817. The highest BCUT2D eigenvalue weighted by atomic mass is 16.5. The number of amides is 1. The Morgan fingerprint density at radius 2 is 1.74 bits per heavy atom. The number of piperidine rings is 1. The molecule has 6 heteroatoms. The number of ether oxygens (including phenoxy) is 3. The van der Waals surface area contributed by atoms with E-state index in [1.807, 2.05) is 36.4 Å². The van der Waals surface area contributed by atoms with Crippen molar-refractivity contribution in [3.05, 3.63) is 59.7 Å². The maximum absolute atomic E-state index is 12.4. The van der Waals surface area contributed by atoms with Crippen molar-refractivity contribution >= 4 is 5.91 Å². The lowest BCUT2D eigenvalue weighted by Crippen LogP contribution is -2.41. The SMILES string of the molecule is COc1ccc(CN2CCC(CNC(=O)C(C)OCc3cccc(OC)c3)CC2)cc1. The Balaban J connectivity index is 1.34. The molecule has 0 saturated carbocycles. The third kappa shape index (κ3) is 7.26. The lowest BCUT2D eigenvalue weighted by atomic mass is 9.96. The van der Waals surface area contributed by atoms with Crippen molar-refractivity contribution in [1.29, 1.82) is 0 Å². The summed E-state index contributed by atoms with van der Waals surface area (Å²) in [5.41, 5.74) is 2.29. The molecule has 1 amide bonds. The number of carbonyl (C=O) groups is 1. The summed E-state index contributed by atoms with van der Waals surface area (Å²) < 4.78 is 16.2. The van der Waals surface area contributed by atoms with Gasteiger partial charge >= 0.3 is 0 Å². The quantitative estimate of drug-likeness (QED) is 0.629. The number of benzene rings is 2. The molecule has 1 N–H and O–H groups in total. The Hall–Kier alpha value is -2.57. The molecule has 1 aliphatic heterocycles. The van der Waals surface area contributed by atoms with Crippen molar-refractivity contribution in [3.63, 3.8) is 0 Å². The van der Waals surface area contributed by atoms with Crippen molar-refractivity contribution in [3.8, 4) is 11.5 Å². The number of hydrogen-bond donors (Lipinski definition) is 1. The highest BCUT2D eigenvalue weighted by molar-refractivity contribution is 5.80. The van der Waals surface area contributed by atoms with Gasteiger partial charge < -0.3 is 19.5 Å². The highest BCUT2D eigenvalue weighted by Gasteiger charge is 2.21. The second-order valence-corrected chi connectivity index (χ2v) is 8.12. The molecule has 2 aromatic rings. The minimum absolute atomic E-state index is 0.0523. The van der Waals surface area contributed by atoms with Crippen molar-refractivity contribution in [2.75, 3.05) is 33.9 Å². The average Bonchev–Trinajstić information content (AvgIpc) is 2.82. The fraction of sp³-hybridized carbons (Fsp3) is 0.480. The van der Waals surface area contributed by atoms with Gasteiger partial charge in [-0.15, -0.1) is 0 Å². The molecule has 31 heavy (non-hydrogen) atoms. The Morgan fingerprint density at radius 3 is 2.42 bits per heavy atom. The summed E-state index contributed by atoms with van der Waals surface area (Å²) in [5.74, 6) is 2.14. The largest absolute Gasteiger partial charge is 0.497 e. The minimum Gasteiger partial charge on any atom is -0.497 e. The van der Waals surface area contributed by atoms with Gasteiger partial charge in [-0.05, 0) is 74.2 Å². The molecule has 6 nitrogen and oxygen atoms in total. The summed E-state index contributed by atoms with van der Waals surface area (Å²) in [6, 6.07) is 16.0. The van der Waals surface area contributed by atoms with Gasteiger partial charge in [0.25, 0.3) is 0 Å². The van der Waals surface area contributed by atoms with Gasteiger partial charge in [-0.3, -0.25) is 9.69 Å². The van der Waals surface area contributed by atoms with E-state index in [1.54, 1.807) is 21.1 Å². The zero-order chi connectivity index (χ0) is 22.1. The van der Waals surface area contributed by atoms with E-state index in [0.29, 0.717) is 19.1 Å². The molecular weight excluding hydrogens is 392 g/mol. The van der Waals surface area contributed by atoms with E-state index in [0.717, 1.165) is 49.5 Å². The number of rotatable bonds is 10. The molecule has 0 spiro atoms. The molecule has 1 atom stereocenters. The second kappa shape index (κ2) is 11.7. The van der Waals surface area contributed by atoms with E-state index >= 15 is 0 Å². The zero-order valence-corrected chi connectivity index (χ0v) is 18.8. The van der Waals surface area contributed by atoms with Gasteiger partial charge in [0.2, 0.25) is 5.91 Å². The van der Waals surface area contributed by atoms with Crippen LogP contribution in [0.3, 0.4) is 0 Å². The topological polar surface area (TPSA) is 60.0 Å². The van der Waals surface area contributed by atoms with Crippen molar-refractivity contribution in [2.45, 2.75) is 39.0 Å². The van der Waals surface area contributed by atoms with Gasteiger partial charge in [0.15, 0.2) is 0 Å². The van der Waals surface area contributed by atoms with Crippen LogP contribution in [0.5, 0.6) is 11.5 Å². The van der Waals surface area contributed by atoms with Crippen LogP contribution in [0.1, 0.15) is 30.9 Å².